The zero-order chi connectivity index (χ0) is 13.5. The summed E-state index contributed by atoms with van der Waals surface area (Å²) in [5.41, 5.74) is 6.97. The van der Waals surface area contributed by atoms with Crippen molar-refractivity contribution in [3.63, 3.8) is 0 Å². The van der Waals surface area contributed by atoms with Gasteiger partial charge in [0.05, 0.1) is 6.54 Å². The lowest BCUT2D eigenvalue weighted by Gasteiger charge is -2.04. The van der Waals surface area contributed by atoms with Crippen molar-refractivity contribution in [2.24, 2.45) is 10.7 Å². The van der Waals surface area contributed by atoms with Crippen molar-refractivity contribution in [2.75, 3.05) is 6.54 Å². The molecule has 3 nitrogen and oxygen atoms in total. The zero-order valence-corrected chi connectivity index (χ0v) is 12.9. The Balaban J connectivity index is 1.74. The molecule has 0 aliphatic heterocycles. The number of benzene rings is 1. The van der Waals surface area contributed by atoms with E-state index in [0.29, 0.717) is 12.5 Å². The number of rotatable bonds is 5. The monoisotopic (exact) mass is 337 g/mol. The van der Waals surface area contributed by atoms with Crippen LogP contribution in [0.1, 0.15) is 10.4 Å². The van der Waals surface area contributed by atoms with Crippen LogP contribution in [0, 0.1) is 0 Å². The number of aliphatic imine (C=N–C) groups is 1. The molecule has 5 heteroatoms. The molecule has 100 valence electrons. The average molecular weight is 338 g/mol. The van der Waals surface area contributed by atoms with Crippen molar-refractivity contribution in [1.82, 2.24) is 5.32 Å². The first-order valence-electron chi connectivity index (χ1n) is 6.04. The highest BCUT2D eigenvalue weighted by atomic mass is 79.9. The minimum atomic E-state index is 0.500. The lowest BCUT2D eigenvalue weighted by Crippen LogP contribution is -2.33. The molecule has 19 heavy (non-hydrogen) atoms. The summed E-state index contributed by atoms with van der Waals surface area (Å²) in [6.07, 6.45) is 0.978. The molecule has 1 aromatic heterocycles. The van der Waals surface area contributed by atoms with Crippen molar-refractivity contribution in [3.8, 4) is 0 Å². The summed E-state index contributed by atoms with van der Waals surface area (Å²) >= 11 is 5.17. The Labute approximate surface area is 125 Å². The fraction of sp³-hybridized carbons (Fsp3) is 0.214. The summed E-state index contributed by atoms with van der Waals surface area (Å²) in [6.45, 7) is 1.42. The molecule has 2 rings (SSSR count). The van der Waals surface area contributed by atoms with Crippen LogP contribution < -0.4 is 11.1 Å². The summed E-state index contributed by atoms with van der Waals surface area (Å²) in [5, 5.41) is 5.21. The molecule has 0 aliphatic rings. The first-order valence-corrected chi connectivity index (χ1v) is 7.72. The summed E-state index contributed by atoms with van der Waals surface area (Å²) in [4.78, 5) is 5.67. The van der Waals surface area contributed by atoms with Crippen molar-refractivity contribution in [2.45, 2.75) is 13.0 Å². The SMILES string of the molecule is NC(=NCc1ccc(Br)cc1)NCCc1cccs1. The predicted octanol–water partition coefficient (Wildman–Crippen LogP) is 3.16. The number of nitrogens with two attached hydrogens (primary N) is 1. The Morgan fingerprint density at radius 3 is 2.74 bits per heavy atom. The minimum absolute atomic E-state index is 0.500. The molecule has 0 amide bonds. The molecule has 2 aromatic rings. The van der Waals surface area contributed by atoms with Gasteiger partial charge in [0.15, 0.2) is 5.96 Å². The van der Waals surface area contributed by atoms with Crippen LogP contribution in [0.5, 0.6) is 0 Å². The van der Waals surface area contributed by atoms with Gasteiger partial charge in [-0.1, -0.05) is 34.1 Å². The van der Waals surface area contributed by atoms with Crippen LogP contribution in [-0.2, 0) is 13.0 Å². The number of halogens is 1. The fourth-order valence-electron chi connectivity index (χ4n) is 1.59. The third kappa shape index (κ3) is 5.04. The number of hydrogen-bond acceptors (Lipinski definition) is 2. The third-order valence-corrected chi connectivity index (χ3v) is 4.07. The Morgan fingerprint density at radius 2 is 2.05 bits per heavy atom. The number of guanidine groups is 1. The Kier molecular flexibility index (Phi) is 5.42. The first kappa shape index (κ1) is 14.1. The maximum Gasteiger partial charge on any atom is 0.188 e. The van der Waals surface area contributed by atoms with Gasteiger partial charge >= 0.3 is 0 Å². The van der Waals surface area contributed by atoms with Gasteiger partial charge in [0.25, 0.3) is 0 Å². The lowest BCUT2D eigenvalue weighted by molar-refractivity contribution is 0.857. The molecule has 0 aliphatic carbocycles. The summed E-state index contributed by atoms with van der Waals surface area (Å²) in [7, 11) is 0. The second-order valence-electron chi connectivity index (χ2n) is 4.08. The van der Waals surface area contributed by atoms with E-state index in [4.69, 9.17) is 5.73 Å². The van der Waals surface area contributed by atoms with Crippen molar-refractivity contribution in [1.29, 1.82) is 0 Å². The molecular weight excluding hydrogens is 322 g/mol. The van der Waals surface area contributed by atoms with E-state index in [-0.39, 0.29) is 0 Å². The molecule has 0 atom stereocenters. The van der Waals surface area contributed by atoms with Crippen LogP contribution in [0.2, 0.25) is 0 Å². The number of nitrogens with one attached hydrogen (secondary N) is 1. The quantitative estimate of drug-likeness (QED) is 0.650. The number of thiophene rings is 1. The highest BCUT2D eigenvalue weighted by Crippen LogP contribution is 2.11. The number of hydrogen-bond donors (Lipinski definition) is 2. The van der Waals surface area contributed by atoms with E-state index >= 15 is 0 Å². The fourth-order valence-corrected chi connectivity index (χ4v) is 2.56. The molecule has 0 spiro atoms. The van der Waals surface area contributed by atoms with Gasteiger partial charge in [0, 0.05) is 15.9 Å². The van der Waals surface area contributed by atoms with Gasteiger partial charge in [0.2, 0.25) is 0 Å². The van der Waals surface area contributed by atoms with E-state index in [2.05, 4.69) is 43.8 Å². The molecule has 0 radical (unpaired) electrons. The van der Waals surface area contributed by atoms with E-state index in [1.165, 1.54) is 4.88 Å². The standard InChI is InChI=1S/C14H16BrN3S/c15-12-5-3-11(4-6-12)10-18-14(16)17-8-7-13-2-1-9-19-13/h1-6,9H,7-8,10H2,(H3,16,17,18). The summed E-state index contributed by atoms with van der Waals surface area (Å²) < 4.78 is 1.07. The van der Waals surface area contributed by atoms with E-state index in [1.54, 1.807) is 11.3 Å². The Bertz CT molecular complexity index is 520. The normalized spacial score (nSPS) is 11.5. The molecule has 1 aromatic carbocycles. The smallest absolute Gasteiger partial charge is 0.188 e. The summed E-state index contributed by atoms with van der Waals surface area (Å²) in [6, 6.07) is 12.3. The highest BCUT2D eigenvalue weighted by Gasteiger charge is 1.96. The molecule has 0 saturated heterocycles. The molecular formula is C14H16BrN3S. The molecule has 0 bridgehead atoms. The van der Waals surface area contributed by atoms with Gasteiger partial charge in [-0.2, -0.15) is 0 Å². The largest absolute Gasteiger partial charge is 0.370 e. The molecule has 0 unspecified atom stereocenters. The molecule has 0 saturated carbocycles. The first-order chi connectivity index (χ1) is 9.24. The zero-order valence-electron chi connectivity index (χ0n) is 10.5. The van der Waals surface area contributed by atoms with E-state index in [1.807, 2.05) is 24.3 Å². The van der Waals surface area contributed by atoms with Crippen molar-refractivity contribution >= 4 is 33.2 Å². The minimum Gasteiger partial charge on any atom is -0.370 e. The average Bonchev–Trinajstić information content (AvgIpc) is 2.91. The van der Waals surface area contributed by atoms with E-state index in [0.717, 1.165) is 23.0 Å². The number of nitrogens with zero attached hydrogens (tertiary/aromatic N) is 1. The van der Waals surface area contributed by atoms with Crippen molar-refractivity contribution < 1.29 is 0 Å². The van der Waals surface area contributed by atoms with Gasteiger partial charge < -0.3 is 11.1 Å². The van der Waals surface area contributed by atoms with E-state index in [9.17, 15) is 0 Å². The highest BCUT2D eigenvalue weighted by molar-refractivity contribution is 9.10. The second kappa shape index (κ2) is 7.31. The van der Waals surface area contributed by atoms with Crippen LogP contribution in [0.4, 0.5) is 0 Å². The van der Waals surface area contributed by atoms with Gasteiger partial charge in [-0.15, -0.1) is 11.3 Å². The van der Waals surface area contributed by atoms with Crippen LogP contribution in [0.3, 0.4) is 0 Å². The van der Waals surface area contributed by atoms with Gasteiger partial charge in [0.1, 0.15) is 0 Å². The lowest BCUT2D eigenvalue weighted by atomic mass is 10.2. The maximum absolute atomic E-state index is 5.82. The van der Waals surface area contributed by atoms with Crippen LogP contribution in [0.25, 0.3) is 0 Å². The van der Waals surface area contributed by atoms with Crippen molar-refractivity contribution in [3.05, 3.63) is 56.7 Å². The summed E-state index contributed by atoms with van der Waals surface area (Å²) in [5.74, 6) is 0.500. The van der Waals surface area contributed by atoms with Gasteiger partial charge in [-0.3, -0.25) is 0 Å². The molecule has 0 fully saturated rings. The Morgan fingerprint density at radius 1 is 1.26 bits per heavy atom. The van der Waals surface area contributed by atoms with E-state index < -0.39 is 0 Å². The molecule has 1 heterocycles. The van der Waals surface area contributed by atoms with Crippen LogP contribution in [-0.4, -0.2) is 12.5 Å². The molecule has 3 N–H and O–H groups in total. The predicted molar refractivity (Wildman–Crippen MR) is 85.5 cm³/mol. The third-order valence-electron chi connectivity index (χ3n) is 2.60. The van der Waals surface area contributed by atoms with Crippen LogP contribution >= 0.6 is 27.3 Å². The second-order valence-corrected chi connectivity index (χ2v) is 6.03. The van der Waals surface area contributed by atoms with Gasteiger partial charge in [-0.25, -0.2) is 4.99 Å². The van der Waals surface area contributed by atoms with Crippen LogP contribution in [0.15, 0.2) is 51.2 Å². The van der Waals surface area contributed by atoms with Gasteiger partial charge in [-0.05, 0) is 35.6 Å². The topological polar surface area (TPSA) is 50.4 Å². The Hall–Kier alpha value is -1.33. The maximum atomic E-state index is 5.82.